The number of rotatable bonds is 4. The number of methoxy groups -OCH3 is 1. The monoisotopic (exact) mass is 402 g/mol. The first-order valence-electron chi connectivity index (χ1n) is 9.08. The molecule has 0 spiro atoms. The fourth-order valence-electron chi connectivity index (χ4n) is 3.42. The lowest BCUT2D eigenvalue weighted by Gasteiger charge is -2.34. The maximum atomic E-state index is 13.0. The van der Waals surface area contributed by atoms with E-state index in [2.05, 4.69) is 11.7 Å². The highest BCUT2D eigenvalue weighted by molar-refractivity contribution is 6.31. The molecule has 0 aromatic heterocycles. The number of hydrogen-bond acceptors (Lipinski definition) is 5. The zero-order valence-electron chi connectivity index (χ0n) is 15.9. The second-order valence-corrected chi connectivity index (χ2v) is 7.41. The van der Waals surface area contributed by atoms with E-state index in [4.69, 9.17) is 22.1 Å². The Morgan fingerprint density at radius 3 is 2.75 bits per heavy atom. The van der Waals surface area contributed by atoms with E-state index < -0.39 is 12.2 Å². The second-order valence-electron chi connectivity index (χ2n) is 7.01. The van der Waals surface area contributed by atoms with Crippen LogP contribution in [0.5, 0.6) is 5.75 Å². The average Bonchev–Trinajstić information content (AvgIpc) is 2.68. The lowest BCUT2D eigenvalue weighted by atomic mass is 9.93. The van der Waals surface area contributed by atoms with Gasteiger partial charge in [0.2, 0.25) is 5.91 Å². The van der Waals surface area contributed by atoms with Gasteiger partial charge in [-0.05, 0) is 48.1 Å². The Balaban J connectivity index is 1.74. The highest BCUT2D eigenvalue weighted by atomic mass is 35.5. The summed E-state index contributed by atoms with van der Waals surface area (Å²) < 4.78 is 9.40. The molecule has 2 N–H and O–H groups in total. The number of hydrogen-bond donors (Lipinski definition) is 1. The van der Waals surface area contributed by atoms with E-state index in [-0.39, 0.29) is 18.1 Å². The van der Waals surface area contributed by atoms with Gasteiger partial charge in [-0.1, -0.05) is 42.8 Å². The predicted molar refractivity (Wildman–Crippen MR) is 108 cm³/mol. The van der Waals surface area contributed by atoms with Crippen molar-refractivity contribution in [1.29, 1.82) is 0 Å². The van der Waals surface area contributed by atoms with E-state index >= 15 is 0 Å². The van der Waals surface area contributed by atoms with Gasteiger partial charge in [-0.3, -0.25) is 4.79 Å². The first kappa shape index (κ1) is 20.2. The van der Waals surface area contributed by atoms with Gasteiger partial charge in [0, 0.05) is 17.3 Å². The van der Waals surface area contributed by atoms with Crippen LogP contribution >= 0.6 is 11.6 Å². The number of halogens is 1. The van der Waals surface area contributed by atoms with Crippen molar-refractivity contribution in [2.75, 3.05) is 18.6 Å². The van der Waals surface area contributed by atoms with Crippen LogP contribution in [0.3, 0.4) is 0 Å². The minimum Gasteiger partial charge on any atom is -0.437 e. The summed E-state index contributed by atoms with van der Waals surface area (Å²) in [5, 5.41) is 0.372. The van der Waals surface area contributed by atoms with Crippen molar-refractivity contribution in [2.24, 2.45) is 11.7 Å². The van der Waals surface area contributed by atoms with E-state index in [1.807, 2.05) is 24.3 Å². The minimum absolute atomic E-state index is 0.134. The zero-order valence-corrected chi connectivity index (χ0v) is 16.6. The largest absolute Gasteiger partial charge is 0.513 e. The third kappa shape index (κ3) is 4.46. The van der Waals surface area contributed by atoms with Gasteiger partial charge in [0.15, 0.2) is 0 Å². The Kier molecular flexibility index (Phi) is 6.21. The molecule has 2 aromatic rings. The molecule has 1 amide bonds. The number of anilines is 1. The molecule has 6 nitrogen and oxygen atoms in total. The van der Waals surface area contributed by atoms with E-state index in [1.165, 1.54) is 13.2 Å². The molecule has 2 aromatic carbocycles. The molecule has 0 saturated heterocycles. The van der Waals surface area contributed by atoms with Crippen molar-refractivity contribution in [2.45, 2.75) is 25.8 Å². The van der Waals surface area contributed by atoms with Crippen LogP contribution in [-0.2, 0) is 22.4 Å². The molecule has 0 bridgehead atoms. The third-order valence-electron chi connectivity index (χ3n) is 4.76. The van der Waals surface area contributed by atoms with Crippen LogP contribution in [0, 0.1) is 5.92 Å². The van der Waals surface area contributed by atoms with Crippen LogP contribution in [0.4, 0.5) is 10.5 Å². The van der Waals surface area contributed by atoms with Crippen molar-refractivity contribution in [1.82, 2.24) is 0 Å². The van der Waals surface area contributed by atoms with Gasteiger partial charge in [-0.25, -0.2) is 4.79 Å². The van der Waals surface area contributed by atoms with Crippen molar-refractivity contribution in [3.63, 3.8) is 0 Å². The number of para-hydroxylation sites is 1. The fraction of sp³-hybridized carbons (Fsp3) is 0.333. The lowest BCUT2D eigenvalue weighted by Crippen LogP contribution is -2.48. The van der Waals surface area contributed by atoms with Gasteiger partial charge in [0.1, 0.15) is 5.75 Å². The lowest BCUT2D eigenvalue weighted by molar-refractivity contribution is -0.120. The first-order valence-corrected chi connectivity index (χ1v) is 9.46. The molecule has 148 valence electrons. The normalized spacial score (nSPS) is 16.9. The topological polar surface area (TPSA) is 81.9 Å². The van der Waals surface area contributed by atoms with Crippen LogP contribution in [0.1, 0.15) is 18.1 Å². The van der Waals surface area contributed by atoms with Crippen molar-refractivity contribution < 1.29 is 19.1 Å². The van der Waals surface area contributed by atoms with Gasteiger partial charge in [0.05, 0.1) is 13.2 Å². The van der Waals surface area contributed by atoms with Crippen LogP contribution in [0.25, 0.3) is 0 Å². The molecule has 3 rings (SSSR count). The maximum Gasteiger partial charge on any atom is 0.513 e. The Hall–Kier alpha value is -2.57. The quantitative estimate of drug-likeness (QED) is 0.624. The smallest absolute Gasteiger partial charge is 0.437 e. The van der Waals surface area contributed by atoms with Gasteiger partial charge >= 0.3 is 6.16 Å². The molecule has 2 atom stereocenters. The second kappa shape index (κ2) is 8.63. The molecular weight excluding hydrogens is 380 g/mol. The summed E-state index contributed by atoms with van der Waals surface area (Å²) in [7, 11) is 1.22. The molecule has 0 radical (unpaired) electrons. The minimum atomic E-state index is -0.825. The number of ether oxygens (including phenoxy) is 2. The summed E-state index contributed by atoms with van der Waals surface area (Å²) in [6.45, 7) is 2.77. The molecule has 0 fully saturated rings. The van der Waals surface area contributed by atoms with Crippen molar-refractivity contribution in [3.8, 4) is 5.75 Å². The molecule has 0 saturated carbocycles. The molecular formula is C21H23ClN2O4. The number of carbonyl (C=O) groups is 2. The summed E-state index contributed by atoms with van der Waals surface area (Å²) in [5.41, 5.74) is 9.02. The number of fused-ring (bicyclic) bond motifs is 1. The molecule has 1 unspecified atom stereocenters. The van der Waals surface area contributed by atoms with Crippen LogP contribution in [0.15, 0.2) is 42.5 Å². The standard InChI is InChI=1S/C21H23ClN2O4/c1-13-9-15-5-3-4-6-19(15)24(12-13)20(25)18(23)10-14-7-8-16(11-17(14)22)28-21(26)27-2/h3-8,11,13,18H,9-10,12,23H2,1-2H3/t13?,18-/m0/s1. The first-order chi connectivity index (χ1) is 13.4. The summed E-state index contributed by atoms with van der Waals surface area (Å²) >= 11 is 6.28. The molecule has 1 heterocycles. The Bertz CT molecular complexity index is 886. The van der Waals surface area contributed by atoms with Crippen molar-refractivity contribution >= 4 is 29.4 Å². The highest BCUT2D eigenvalue weighted by Crippen LogP contribution is 2.30. The number of nitrogens with two attached hydrogens (primary N) is 1. The van der Waals surface area contributed by atoms with Gasteiger partial charge in [0.25, 0.3) is 0 Å². The maximum absolute atomic E-state index is 13.0. The van der Waals surface area contributed by atoms with E-state index in [1.54, 1.807) is 17.0 Å². The van der Waals surface area contributed by atoms with E-state index in [0.29, 0.717) is 23.0 Å². The van der Waals surface area contributed by atoms with Gasteiger partial charge in [-0.15, -0.1) is 0 Å². The fourth-order valence-corrected chi connectivity index (χ4v) is 3.67. The third-order valence-corrected chi connectivity index (χ3v) is 5.11. The van der Waals surface area contributed by atoms with Crippen molar-refractivity contribution in [3.05, 3.63) is 58.6 Å². The Morgan fingerprint density at radius 2 is 2.04 bits per heavy atom. The molecule has 7 heteroatoms. The molecule has 1 aliphatic rings. The van der Waals surface area contributed by atoms with E-state index in [9.17, 15) is 9.59 Å². The summed E-state index contributed by atoms with van der Waals surface area (Å²) in [4.78, 5) is 26.0. The summed E-state index contributed by atoms with van der Waals surface area (Å²) in [6, 6.07) is 12.0. The number of benzene rings is 2. The zero-order chi connectivity index (χ0) is 20.3. The molecule has 0 aliphatic carbocycles. The number of amides is 1. The predicted octanol–water partition coefficient (Wildman–Crippen LogP) is 3.58. The van der Waals surface area contributed by atoms with Crippen LogP contribution in [0.2, 0.25) is 5.02 Å². The highest BCUT2D eigenvalue weighted by Gasteiger charge is 2.29. The Morgan fingerprint density at radius 1 is 1.29 bits per heavy atom. The van der Waals surface area contributed by atoms with E-state index in [0.717, 1.165) is 17.7 Å². The van der Waals surface area contributed by atoms with Gasteiger partial charge < -0.3 is 20.1 Å². The molecule has 28 heavy (non-hydrogen) atoms. The molecule has 1 aliphatic heterocycles. The SMILES string of the molecule is COC(=O)Oc1ccc(C[C@H](N)C(=O)N2CC(C)Cc3ccccc32)c(Cl)c1. The Labute approximate surface area is 169 Å². The average molecular weight is 403 g/mol. The summed E-state index contributed by atoms with van der Waals surface area (Å²) in [5.74, 6) is 0.494. The van der Waals surface area contributed by atoms with Crippen LogP contribution in [-0.4, -0.2) is 31.8 Å². The number of nitrogens with zero attached hydrogens (tertiary/aromatic N) is 1. The summed E-state index contributed by atoms with van der Waals surface area (Å²) in [6.07, 6.45) is 0.403. The van der Waals surface area contributed by atoms with Gasteiger partial charge in [-0.2, -0.15) is 0 Å². The van der Waals surface area contributed by atoms with Crippen LogP contribution < -0.4 is 15.4 Å². The number of carbonyl (C=O) groups excluding carboxylic acids is 2.